The van der Waals surface area contributed by atoms with Crippen molar-refractivity contribution in [2.45, 2.75) is 13.8 Å². The summed E-state index contributed by atoms with van der Waals surface area (Å²) in [4.78, 5) is 9.25. The molecule has 0 aromatic carbocycles. The van der Waals surface area contributed by atoms with Gasteiger partial charge in [0, 0.05) is 6.08 Å². The van der Waals surface area contributed by atoms with Crippen molar-refractivity contribution in [1.29, 1.82) is 0 Å². The fourth-order valence-corrected chi connectivity index (χ4v) is 0. The summed E-state index contributed by atoms with van der Waals surface area (Å²) in [6, 6.07) is 0. The molecular formula is C6H11NO3. The molecular weight excluding hydrogens is 134 g/mol. The van der Waals surface area contributed by atoms with Gasteiger partial charge in [-0.25, -0.2) is 4.79 Å². The van der Waals surface area contributed by atoms with Crippen LogP contribution >= 0.6 is 0 Å². The maximum absolute atomic E-state index is 9.25. The lowest BCUT2D eigenvalue weighted by Crippen LogP contribution is -1.82. The predicted molar refractivity (Wildman–Crippen MR) is 38.4 cm³/mol. The zero-order chi connectivity index (χ0) is 8.57. The molecule has 0 aromatic rings. The minimum Gasteiger partial charge on any atom is -0.478 e. The van der Waals surface area contributed by atoms with Crippen molar-refractivity contribution < 1.29 is 15.1 Å². The largest absolute Gasteiger partial charge is 0.478 e. The number of rotatable bonds is 1. The third-order valence-corrected chi connectivity index (χ3v) is 0.375. The van der Waals surface area contributed by atoms with Crippen molar-refractivity contribution in [3.8, 4) is 0 Å². The summed E-state index contributed by atoms with van der Waals surface area (Å²) in [5.74, 6) is -0.981. The molecule has 0 fully saturated rings. The maximum Gasteiger partial charge on any atom is 0.327 e. The molecule has 0 unspecified atom stereocenters. The minimum atomic E-state index is -0.981. The Morgan fingerprint density at radius 3 is 1.80 bits per heavy atom. The van der Waals surface area contributed by atoms with Crippen molar-refractivity contribution in [1.82, 2.24) is 0 Å². The predicted octanol–water partition coefficient (Wildman–Crippen LogP) is 1.11. The van der Waals surface area contributed by atoms with Gasteiger partial charge in [-0.1, -0.05) is 11.7 Å². The highest BCUT2D eigenvalue weighted by Crippen LogP contribution is 1.62. The molecule has 4 nitrogen and oxygen atoms in total. The first-order chi connectivity index (χ1) is 4.54. The molecule has 0 rings (SSSR count). The van der Waals surface area contributed by atoms with Crippen LogP contribution in [0.4, 0.5) is 0 Å². The molecule has 0 amide bonds. The van der Waals surface area contributed by atoms with E-state index >= 15 is 0 Å². The second-order valence-corrected chi connectivity index (χ2v) is 1.59. The second-order valence-electron chi connectivity index (χ2n) is 1.59. The molecule has 0 spiro atoms. The average molecular weight is 145 g/mol. The van der Waals surface area contributed by atoms with Crippen molar-refractivity contribution in [3.63, 3.8) is 0 Å². The lowest BCUT2D eigenvalue weighted by molar-refractivity contribution is -0.131. The molecule has 2 N–H and O–H groups in total. The first-order valence-corrected chi connectivity index (χ1v) is 2.55. The van der Waals surface area contributed by atoms with Crippen LogP contribution in [-0.2, 0) is 4.79 Å². The number of nitrogens with zero attached hydrogens (tertiary/aromatic N) is 1. The minimum absolute atomic E-state index is 0.685. The van der Waals surface area contributed by atoms with E-state index in [0.717, 1.165) is 6.08 Å². The van der Waals surface area contributed by atoms with Gasteiger partial charge in [0.05, 0.1) is 5.71 Å². The Bertz CT molecular complexity index is 136. The summed E-state index contributed by atoms with van der Waals surface area (Å²) in [5, 5.41) is 18.1. The first kappa shape index (κ1) is 11.5. The summed E-state index contributed by atoms with van der Waals surface area (Å²) in [5.41, 5.74) is 0.685. The van der Waals surface area contributed by atoms with Crippen LogP contribution in [0.5, 0.6) is 0 Å². The van der Waals surface area contributed by atoms with Gasteiger partial charge in [0.1, 0.15) is 0 Å². The topological polar surface area (TPSA) is 69.9 Å². The highest BCUT2D eigenvalue weighted by Gasteiger charge is 1.73. The van der Waals surface area contributed by atoms with Gasteiger partial charge in [-0.05, 0) is 13.8 Å². The molecule has 0 saturated carbocycles. The summed E-state index contributed by atoms with van der Waals surface area (Å²) in [6.07, 6.45) is 0.833. The van der Waals surface area contributed by atoms with E-state index in [1.54, 1.807) is 13.8 Å². The monoisotopic (exact) mass is 145 g/mol. The Morgan fingerprint density at radius 2 is 1.80 bits per heavy atom. The normalized spacial score (nSPS) is 6.60. The zero-order valence-electron chi connectivity index (χ0n) is 6.03. The van der Waals surface area contributed by atoms with Crippen LogP contribution in [0.25, 0.3) is 0 Å². The van der Waals surface area contributed by atoms with Gasteiger partial charge >= 0.3 is 5.97 Å². The molecule has 0 aromatic heterocycles. The standard InChI is InChI=1S/C3H7NO.C3H4O2/c1-3(2)4-5;1-2-3(4)5/h5H,1-2H3;2H,1H2,(H,4,5). The lowest BCUT2D eigenvalue weighted by Gasteiger charge is -1.72. The van der Waals surface area contributed by atoms with Crippen LogP contribution in [0, 0.1) is 0 Å². The van der Waals surface area contributed by atoms with E-state index in [9.17, 15) is 4.79 Å². The zero-order valence-corrected chi connectivity index (χ0v) is 6.03. The van der Waals surface area contributed by atoms with Gasteiger partial charge in [0.15, 0.2) is 0 Å². The van der Waals surface area contributed by atoms with Crippen LogP contribution in [0.1, 0.15) is 13.8 Å². The molecule has 0 heterocycles. The summed E-state index contributed by atoms with van der Waals surface area (Å²) >= 11 is 0. The Hall–Kier alpha value is -1.32. The molecule has 0 bridgehead atoms. The fraction of sp³-hybridized carbons (Fsp3) is 0.333. The number of hydrogen-bond donors (Lipinski definition) is 2. The van der Waals surface area contributed by atoms with E-state index < -0.39 is 5.97 Å². The molecule has 0 atom stereocenters. The van der Waals surface area contributed by atoms with Gasteiger partial charge in [0.25, 0.3) is 0 Å². The number of hydrogen-bond acceptors (Lipinski definition) is 3. The number of carbonyl (C=O) groups is 1. The van der Waals surface area contributed by atoms with E-state index in [-0.39, 0.29) is 0 Å². The quantitative estimate of drug-likeness (QED) is 0.251. The van der Waals surface area contributed by atoms with E-state index in [1.165, 1.54) is 0 Å². The van der Waals surface area contributed by atoms with E-state index in [0.29, 0.717) is 5.71 Å². The maximum atomic E-state index is 9.25. The molecule has 4 heteroatoms. The van der Waals surface area contributed by atoms with Crippen LogP contribution < -0.4 is 0 Å². The van der Waals surface area contributed by atoms with Gasteiger partial charge in [0.2, 0.25) is 0 Å². The van der Waals surface area contributed by atoms with Gasteiger partial charge < -0.3 is 10.3 Å². The van der Waals surface area contributed by atoms with Crippen molar-refractivity contribution in [3.05, 3.63) is 12.7 Å². The summed E-state index contributed by atoms with van der Waals surface area (Å²) in [6.45, 7) is 6.41. The first-order valence-electron chi connectivity index (χ1n) is 2.55. The van der Waals surface area contributed by atoms with E-state index in [2.05, 4.69) is 11.7 Å². The Kier molecular flexibility index (Phi) is 8.81. The molecule has 0 aliphatic rings. The van der Waals surface area contributed by atoms with Crippen LogP contribution in [0.15, 0.2) is 17.8 Å². The van der Waals surface area contributed by atoms with Crippen molar-refractivity contribution in [2.24, 2.45) is 5.16 Å². The fourth-order valence-electron chi connectivity index (χ4n) is 0. The van der Waals surface area contributed by atoms with E-state index in [4.69, 9.17) is 10.3 Å². The number of oxime groups is 1. The van der Waals surface area contributed by atoms with Crippen LogP contribution in [0.2, 0.25) is 0 Å². The molecule has 0 aliphatic carbocycles. The Balaban J connectivity index is 0. The third-order valence-electron chi connectivity index (χ3n) is 0.375. The molecule has 0 aliphatic heterocycles. The van der Waals surface area contributed by atoms with Crippen molar-refractivity contribution >= 4 is 11.7 Å². The molecule has 0 saturated heterocycles. The van der Waals surface area contributed by atoms with E-state index in [1.807, 2.05) is 0 Å². The highest BCUT2D eigenvalue weighted by atomic mass is 16.4. The summed E-state index contributed by atoms with van der Waals surface area (Å²) in [7, 11) is 0. The van der Waals surface area contributed by atoms with Gasteiger partial charge in [-0.3, -0.25) is 0 Å². The van der Waals surface area contributed by atoms with Crippen molar-refractivity contribution in [2.75, 3.05) is 0 Å². The second kappa shape index (κ2) is 7.68. The Labute approximate surface area is 59.5 Å². The SMILES string of the molecule is C=CC(=O)O.CC(C)=NO. The Morgan fingerprint density at radius 1 is 1.60 bits per heavy atom. The van der Waals surface area contributed by atoms with Gasteiger partial charge in [-0.2, -0.15) is 0 Å². The average Bonchev–Trinajstić information content (AvgIpc) is 1.89. The van der Waals surface area contributed by atoms with Gasteiger partial charge in [-0.15, -0.1) is 0 Å². The third kappa shape index (κ3) is 30.0. The number of carboxylic acid groups (broad SMARTS) is 1. The molecule has 0 radical (unpaired) electrons. The number of aliphatic carboxylic acids is 1. The smallest absolute Gasteiger partial charge is 0.327 e. The summed E-state index contributed by atoms with van der Waals surface area (Å²) < 4.78 is 0. The van der Waals surface area contributed by atoms with Crippen LogP contribution in [-0.4, -0.2) is 22.0 Å². The van der Waals surface area contributed by atoms with Crippen LogP contribution in [0.3, 0.4) is 0 Å². The lowest BCUT2D eigenvalue weighted by atomic mass is 10.5. The highest BCUT2D eigenvalue weighted by molar-refractivity contribution is 5.78. The number of carboxylic acids is 1. The molecule has 58 valence electrons. The molecule has 10 heavy (non-hydrogen) atoms.